The van der Waals surface area contributed by atoms with E-state index in [2.05, 4.69) is 16.5 Å². The molecule has 1 N–H and O–H groups in total. The summed E-state index contributed by atoms with van der Waals surface area (Å²) in [5, 5.41) is 8.80. The van der Waals surface area contributed by atoms with Crippen LogP contribution in [0.5, 0.6) is 0 Å². The van der Waals surface area contributed by atoms with E-state index >= 15 is 0 Å². The minimum atomic E-state index is -0.376. The third-order valence-electron chi connectivity index (χ3n) is 6.13. The van der Waals surface area contributed by atoms with E-state index in [1.165, 1.54) is 6.07 Å². The molecule has 1 aliphatic heterocycles. The summed E-state index contributed by atoms with van der Waals surface area (Å²) in [6.45, 7) is 3.76. The first-order chi connectivity index (χ1) is 15.0. The molecule has 6 nitrogen and oxygen atoms in total. The molecule has 2 aromatic heterocycles. The molecule has 4 aromatic rings. The van der Waals surface area contributed by atoms with Crippen molar-refractivity contribution in [2.75, 3.05) is 13.2 Å². The van der Waals surface area contributed by atoms with Crippen molar-refractivity contribution in [2.24, 2.45) is 7.05 Å². The highest BCUT2D eigenvalue weighted by molar-refractivity contribution is 6.08. The third-order valence-corrected chi connectivity index (χ3v) is 6.13. The van der Waals surface area contributed by atoms with E-state index in [9.17, 15) is 9.18 Å². The molecular weight excluding hydrogens is 395 g/mol. The predicted octanol–water partition coefficient (Wildman–Crippen LogP) is 3.93. The molecule has 31 heavy (non-hydrogen) atoms. The fourth-order valence-corrected chi connectivity index (χ4v) is 4.49. The summed E-state index contributed by atoms with van der Waals surface area (Å²) in [6, 6.07) is 9.43. The minimum Gasteiger partial charge on any atom is -0.381 e. The lowest BCUT2D eigenvalue weighted by molar-refractivity contribution is 0.0697. The molecule has 0 saturated carbocycles. The SMILES string of the molecule is Cc1ccc(F)c2c(C(=O)NC3CCOCC3)cn(Cc3ccc4c(cnn4C)c3)c12. The van der Waals surface area contributed by atoms with Crippen LogP contribution in [0, 0.1) is 12.7 Å². The van der Waals surface area contributed by atoms with Gasteiger partial charge in [0.2, 0.25) is 0 Å². The normalized spacial score (nSPS) is 15.1. The first-order valence-corrected chi connectivity index (χ1v) is 10.6. The number of amides is 1. The van der Waals surface area contributed by atoms with Crippen LogP contribution in [-0.2, 0) is 18.3 Å². The number of ether oxygens (including phenoxy) is 1. The summed E-state index contributed by atoms with van der Waals surface area (Å²) in [6.07, 6.45) is 5.17. The average Bonchev–Trinajstić information content (AvgIpc) is 3.33. The van der Waals surface area contributed by atoms with E-state index in [1.54, 1.807) is 12.3 Å². The van der Waals surface area contributed by atoms with Gasteiger partial charge >= 0.3 is 0 Å². The van der Waals surface area contributed by atoms with E-state index in [0.717, 1.165) is 40.4 Å². The number of carbonyl (C=O) groups excluding carboxylic acids is 1. The van der Waals surface area contributed by atoms with Crippen molar-refractivity contribution in [1.29, 1.82) is 0 Å². The van der Waals surface area contributed by atoms with Crippen molar-refractivity contribution < 1.29 is 13.9 Å². The maximum atomic E-state index is 14.9. The van der Waals surface area contributed by atoms with Gasteiger partial charge in [-0.25, -0.2) is 4.39 Å². The van der Waals surface area contributed by atoms with Crippen LogP contribution in [-0.4, -0.2) is 39.5 Å². The Labute approximate surface area is 179 Å². The van der Waals surface area contributed by atoms with Gasteiger partial charge in [-0.05, 0) is 49.1 Å². The molecule has 0 unspecified atom stereocenters. The van der Waals surface area contributed by atoms with Crippen LogP contribution in [0.3, 0.4) is 0 Å². The Bertz CT molecular complexity index is 1280. The fourth-order valence-electron chi connectivity index (χ4n) is 4.49. The molecule has 0 bridgehead atoms. The zero-order chi connectivity index (χ0) is 21.5. The molecule has 3 heterocycles. The number of aromatic nitrogens is 3. The number of halogens is 1. The van der Waals surface area contributed by atoms with Gasteiger partial charge in [0.05, 0.1) is 22.8 Å². The van der Waals surface area contributed by atoms with Gasteiger partial charge in [-0.15, -0.1) is 0 Å². The first-order valence-electron chi connectivity index (χ1n) is 10.6. The van der Waals surface area contributed by atoms with Crippen LogP contribution in [0.25, 0.3) is 21.8 Å². The zero-order valence-electron chi connectivity index (χ0n) is 17.7. The van der Waals surface area contributed by atoms with Crippen LogP contribution < -0.4 is 5.32 Å². The lowest BCUT2D eigenvalue weighted by Crippen LogP contribution is -2.38. The minimum absolute atomic E-state index is 0.0560. The molecule has 1 amide bonds. The Morgan fingerprint density at radius 3 is 2.87 bits per heavy atom. The van der Waals surface area contributed by atoms with Crippen LogP contribution in [0.2, 0.25) is 0 Å². The van der Waals surface area contributed by atoms with Gasteiger partial charge in [0.15, 0.2) is 0 Å². The van der Waals surface area contributed by atoms with Gasteiger partial charge in [0, 0.05) is 49.8 Å². The molecular formula is C24H25FN4O2. The summed E-state index contributed by atoms with van der Waals surface area (Å²) in [5.74, 6) is -0.609. The Morgan fingerprint density at radius 2 is 2.06 bits per heavy atom. The second kappa shape index (κ2) is 7.81. The molecule has 2 aromatic carbocycles. The number of carbonyl (C=O) groups is 1. The van der Waals surface area contributed by atoms with E-state index in [1.807, 2.05) is 41.5 Å². The summed E-state index contributed by atoms with van der Waals surface area (Å²) < 4.78 is 24.1. The number of nitrogens with zero attached hydrogens (tertiary/aromatic N) is 3. The third kappa shape index (κ3) is 3.59. The summed E-state index contributed by atoms with van der Waals surface area (Å²) in [5.41, 5.74) is 4.19. The number of hydrogen-bond acceptors (Lipinski definition) is 3. The molecule has 0 atom stereocenters. The van der Waals surface area contributed by atoms with Gasteiger partial charge in [0.1, 0.15) is 5.82 Å². The molecule has 0 spiro atoms. The second-order valence-corrected chi connectivity index (χ2v) is 8.28. The molecule has 1 saturated heterocycles. The van der Waals surface area contributed by atoms with E-state index < -0.39 is 0 Å². The smallest absolute Gasteiger partial charge is 0.253 e. The number of aryl methyl sites for hydroxylation is 2. The second-order valence-electron chi connectivity index (χ2n) is 8.28. The molecule has 0 aliphatic carbocycles. The topological polar surface area (TPSA) is 61.1 Å². The van der Waals surface area contributed by atoms with E-state index in [-0.39, 0.29) is 17.8 Å². The largest absolute Gasteiger partial charge is 0.381 e. The average molecular weight is 420 g/mol. The molecule has 5 rings (SSSR count). The highest BCUT2D eigenvalue weighted by atomic mass is 19.1. The van der Waals surface area contributed by atoms with E-state index in [4.69, 9.17) is 4.74 Å². The number of benzene rings is 2. The van der Waals surface area contributed by atoms with Crippen molar-refractivity contribution >= 4 is 27.7 Å². The van der Waals surface area contributed by atoms with Crippen molar-refractivity contribution in [3.63, 3.8) is 0 Å². The monoisotopic (exact) mass is 420 g/mol. The maximum Gasteiger partial charge on any atom is 0.253 e. The van der Waals surface area contributed by atoms with Crippen LogP contribution in [0.1, 0.15) is 34.3 Å². The highest BCUT2D eigenvalue weighted by Gasteiger charge is 2.23. The van der Waals surface area contributed by atoms with Crippen molar-refractivity contribution in [3.8, 4) is 0 Å². The molecule has 1 aliphatic rings. The van der Waals surface area contributed by atoms with Gasteiger partial charge in [-0.3, -0.25) is 9.48 Å². The van der Waals surface area contributed by atoms with Crippen LogP contribution >= 0.6 is 0 Å². The highest BCUT2D eigenvalue weighted by Crippen LogP contribution is 2.29. The lowest BCUT2D eigenvalue weighted by atomic mass is 10.1. The zero-order valence-corrected chi connectivity index (χ0v) is 17.7. The van der Waals surface area contributed by atoms with Gasteiger partial charge in [0.25, 0.3) is 5.91 Å². The van der Waals surface area contributed by atoms with Gasteiger partial charge in [-0.1, -0.05) is 12.1 Å². The van der Waals surface area contributed by atoms with E-state index in [0.29, 0.717) is 30.7 Å². The summed E-state index contributed by atoms with van der Waals surface area (Å²) >= 11 is 0. The Morgan fingerprint density at radius 1 is 1.26 bits per heavy atom. The molecule has 160 valence electrons. The van der Waals surface area contributed by atoms with Crippen molar-refractivity contribution in [1.82, 2.24) is 19.7 Å². The number of rotatable bonds is 4. The van der Waals surface area contributed by atoms with Crippen LogP contribution in [0.4, 0.5) is 4.39 Å². The maximum absolute atomic E-state index is 14.9. The Balaban J connectivity index is 1.54. The number of fused-ring (bicyclic) bond motifs is 2. The standard InChI is InChI=1S/C24H25FN4O2/c1-15-3-5-20(25)22-19(24(30)27-18-7-9-31-10-8-18)14-29(23(15)22)13-16-4-6-21-17(11-16)12-26-28(21)2/h3-6,11-12,14,18H,7-10,13H2,1-2H3,(H,27,30). The van der Waals surface area contributed by atoms with Crippen molar-refractivity contribution in [3.05, 3.63) is 65.2 Å². The van der Waals surface area contributed by atoms with Crippen molar-refractivity contribution in [2.45, 2.75) is 32.4 Å². The number of nitrogens with one attached hydrogen (secondary N) is 1. The Kier molecular flexibility index (Phi) is 4.98. The number of hydrogen-bond donors (Lipinski definition) is 1. The quantitative estimate of drug-likeness (QED) is 0.544. The van der Waals surface area contributed by atoms with Gasteiger partial charge < -0.3 is 14.6 Å². The summed E-state index contributed by atoms with van der Waals surface area (Å²) in [7, 11) is 1.91. The molecule has 1 fully saturated rings. The molecule has 7 heteroatoms. The van der Waals surface area contributed by atoms with Crippen LogP contribution in [0.15, 0.2) is 42.7 Å². The Hall–Kier alpha value is -3.19. The van der Waals surface area contributed by atoms with Gasteiger partial charge in [-0.2, -0.15) is 5.10 Å². The first kappa shape index (κ1) is 19.8. The fraction of sp³-hybridized carbons (Fsp3) is 0.333. The lowest BCUT2D eigenvalue weighted by Gasteiger charge is -2.23. The summed E-state index contributed by atoms with van der Waals surface area (Å²) in [4.78, 5) is 13.1. The molecule has 0 radical (unpaired) electrons. The predicted molar refractivity (Wildman–Crippen MR) is 118 cm³/mol.